The smallest absolute Gasteiger partial charge is 0.123 e. The number of benzene rings is 2. The minimum atomic E-state index is -0.876. The lowest BCUT2D eigenvalue weighted by molar-refractivity contribution is 0.219. The van der Waals surface area contributed by atoms with E-state index in [4.69, 9.17) is 11.6 Å². The zero-order chi connectivity index (χ0) is 12.4. The average molecular weight is 316 g/mol. The molecule has 1 N–H and O–H groups in total. The van der Waals surface area contributed by atoms with E-state index in [1.165, 1.54) is 24.3 Å². The van der Waals surface area contributed by atoms with Crippen LogP contribution in [0.5, 0.6) is 0 Å². The second-order valence-electron chi connectivity index (χ2n) is 3.59. The number of aliphatic hydroxyl groups is 1. The molecule has 0 fully saturated rings. The zero-order valence-corrected chi connectivity index (χ0v) is 11.0. The predicted molar refractivity (Wildman–Crippen MR) is 69.6 cm³/mol. The molecular weight excluding hydrogens is 306 g/mol. The first kappa shape index (κ1) is 12.6. The van der Waals surface area contributed by atoms with Crippen molar-refractivity contribution in [2.24, 2.45) is 0 Å². The molecule has 0 heterocycles. The Morgan fingerprint density at radius 2 is 1.76 bits per heavy atom. The first-order valence-corrected chi connectivity index (χ1v) is 6.14. The molecule has 0 aliphatic carbocycles. The van der Waals surface area contributed by atoms with Gasteiger partial charge in [0.25, 0.3) is 0 Å². The Morgan fingerprint density at radius 1 is 1.12 bits per heavy atom. The molecule has 88 valence electrons. The highest BCUT2D eigenvalue weighted by atomic mass is 79.9. The summed E-state index contributed by atoms with van der Waals surface area (Å²) in [5.74, 6) is -0.334. The van der Waals surface area contributed by atoms with E-state index >= 15 is 0 Å². The summed E-state index contributed by atoms with van der Waals surface area (Å²) in [4.78, 5) is 0. The van der Waals surface area contributed by atoms with Gasteiger partial charge in [-0.15, -0.1) is 0 Å². The molecule has 2 aromatic rings. The molecule has 0 amide bonds. The average Bonchev–Trinajstić information content (AvgIpc) is 2.29. The van der Waals surface area contributed by atoms with Gasteiger partial charge in [-0.25, -0.2) is 4.39 Å². The Morgan fingerprint density at radius 3 is 2.35 bits per heavy atom. The summed E-state index contributed by atoms with van der Waals surface area (Å²) in [5.41, 5.74) is 1.18. The SMILES string of the molecule is OC(c1ccc(F)cc1)c1c(Cl)cccc1Br. The van der Waals surface area contributed by atoms with Crippen molar-refractivity contribution < 1.29 is 9.50 Å². The molecule has 1 atom stereocenters. The van der Waals surface area contributed by atoms with Crippen LogP contribution in [0.15, 0.2) is 46.9 Å². The van der Waals surface area contributed by atoms with Gasteiger partial charge >= 0.3 is 0 Å². The number of aliphatic hydroxyl groups excluding tert-OH is 1. The Labute approximate surface area is 112 Å². The van der Waals surface area contributed by atoms with Crippen molar-refractivity contribution in [3.63, 3.8) is 0 Å². The van der Waals surface area contributed by atoms with Gasteiger partial charge in [-0.05, 0) is 29.8 Å². The normalized spacial score (nSPS) is 12.5. The van der Waals surface area contributed by atoms with E-state index in [-0.39, 0.29) is 5.82 Å². The molecule has 0 saturated heterocycles. The maximum absolute atomic E-state index is 12.8. The van der Waals surface area contributed by atoms with Crippen LogP contribution in [-0.4, -0.2) is 5.11 Å². The molecule has 2 aromatic carbocycles. The van der Waals surface area contributed by atoms with Crippen LogP contribution in [0, 0.1) is 5.82 Å². The number of rotatable bonds is 2. The molecule has 0 radical (unpaired) electrons. The monoisotopic (exact) mass is 314 g/mol. The van der Waals surface area contributed by atoms with Crippen LogP contribution in [0.2, 0.25) is 5.02 Å². The van der Waals surface area contributed by atoms with Crippen LogP contribution in [0.4, 0.5) is 4.39 Å². The summed E-state index contributed by atoms with van der Waals surface area (Å²) < 4.78 is 13.5. The highest BCUT2D eigenvalue weighted by Gasteiger charge is 2.16. The van der Waals surface area contributed by atoms with Crippen LogP contribution >= 0.6 is 27.5 Å². The molecule has 0 aromatic heterocycles. The maximum atomic E-state index is 12.8. The number of hydrogen-bond acceptors (Lipinski definition) is 1. The van der Waals surface area contributed by atoms with E-state index in [9.17, 15) is 9.50 Å². The maximum Gasteiger partial charge on any atom is 0.123 e. The number of halogens is 3. The van der Waals surface area contributed by atoms with Crippen molar-refractivity contribution in [1.82, 2.24) is 0 Å². The van der Waals surface area contributed by atoms with E-state index < -0.39 is 6.10 Å². The van der Waals surface area contributed by atoms with E-state index in [0.29, 0.717) is 16.1 Å². The molecular formula is C13H9BrClFO. The lowest BCUT2D eigenvalue weighted by Crippen LogP contribution is -2.01. The van der Waals surface area contributed by atoms with Gasteiger partial charge in [0.2, 0.25) is 0 Å². The molecule has 0 aliphatic rings. The zero-order valence-electron chi connectivity index (χ0n) is 8.70. The third kappa shape index (κ3) is 2.68. The fraction of sp³-hybridized carbons (Fsp3) is 0.0769. The van der Waals surface area contributed by atoms with Gasteiger partial charge in [0.1, 0.15) is 11.9 Å². The molecule has 0 bridgehead atoms. The minimum absolute atomic E-state index is 0.334. The second-order valence-corrected chi connectivity index (χ2v) is 4.85. The molecule has 0 aliphatic heterocycles. The van der Waals surface area contributed by atoms with Gasteiger partial charge in [-0.3, -0.25) is 0 Å². The van der Waals surface area contributed by atoms with Gasteiger partial charge < -0.3 is 5.11 Å². The Hall–Kier alpha value is -0.900. The van der Waals surface area contributed by atoms with E-state index in [1.807, 2.05) is 0 Å². The largest absolute Gasteiger partial charge is 0.384 e. The van der Waals surface area contributed by atoms with Gasteiger partial charge in [0, 0.05) is 15.1 Å². The summed E-state index contributed by atoms with van der Waals surface area (Å²) in [6, 6.07) is 11.0. The Kier molecular flexibility index (Phi) is 3.82. The van der Waals surface area contributed by atoms with Crippen molar-refractivity contribution in [3.8, 4) is 0 Å². The quantitative estimate of drug-likeness (QED) is 0.875. The van der Waals surface area contributed by atoms with Gasteiger partial charge in [0.15, 0.2) is 0 Å². The predicted octanol–water partition coefficient (Wildman–Crippen LogP) is 4.32. The highest BCUT2D eigenvalue weighted by molar-refractivity contribution is 9.10. The van der Waals surface area contributed by atoms with Crippen molar-refractivity contribution in [2.45, 2.75) is 6.10 Å². The standard InChI is InChI=1S/C13H9BrClFO/c14-10-2-1-3-11(15)12(10)13(17)8-4-6-9(16)7-5-8/h1-7,13,17H. The topological polar surface area (TPSA) is 20.2 Å². The van der Waals surface area contributed by atoms with E-state index in [1.54, 1.807) is 18.2 Å². The molecule has 4 heteroatoms. The van der Waals surface area contributed by atoms with Crippen LogP contribution in [-0.2, 0) is 0 Å². The second kappa shape index (κ2) is 5.17. The molecule has 0 saturated carbocycles. The van der Waals surface area contributed by atoms with Crippen LogP contribution in [0.1, 0.15) is 17.2 Å². The lowest BCUT2D eigenvalue weighted by atomic mass is 10.0. The fourth-order valence-electron chi connectivity index (χ4n) is 1.58. The summed E-state index contributed by atoms with van der Waals surface area (Å²) in [6.45, 7) is 0. The molecule has 1 nitrogen and oxygen atoms in total. The Bertz CT molecular complexity index is 507. The molecule has 2 rings (SSSR count). The molecule has 1 unspecified atom stereocenters. The lowest BCUT2D eigenvalue weighted by Gasteiger charge is -2.14. The summed E-state index contributed by atoms with van der Waals surface area (Å²) in [7, 11) is 0. The number of hydrogen-bond donors (Lipinski definition) is 1. The summed E-state index contributed by atoms with van der Waals surface area (Å²) in [5, 5.41) is 10.7. The fourth-order valence-corrected chi connectivity index (χ4v) is 2.56. The minimum Gasteiger partial charge on any atom is -0.384 e. The third-order valence-electron chi connectivity index (χ3n) is 2.46. The first-order chi connectivity index (χ1) is 8.09. The molecule has 17 heavy (non-hydrogen) atoms. The van der Waals surface area contributed by atoms with E-state index in [0.717, 1.165) is 4.47 Å². The molecule has 0 spiro atoms. The van der Waals surface area contributed by atoms with E-state index in [2.05, 4.69) is 15.9 Å². The first-order valence-electron chi connectivity index (χ1n) is 4.97. The van der Waals surface area contributed by atoms with Crippen LogP contribution in [0.25, 0.3) is 0 Å². The highest BCUT2D eigenvalue weighted by Crippen LogP contribution is 2.34. The summed E-state index contributed by atoms with van der Waals surface area (Å²) in [6.07, 6.45) is -0.876. The Balaban J connectivity index is 2.43. The van der Waals surface area contributed by atoms with Crippen molar-refractivity contribution in [3.05, 3.63) is 68.9 Å². The van der Waals surface area contributed by atoms with Crippen LogP contribution < -0.4 is 0 Å². The van der Waals surface area contributed by atoms with Gasteiger partial charge in [0.05, 0.1) is 0 Å². The van der Waals surface area contributed by atoms with Gasteiger partial charge in [-0.1, -0.05) is 45.7 Å². The van der Waals surface area contributed by atoms with Crippen molar-refractivity contribution in [1.29, 1.82) is 0 Å². The van der Waals surface area contributed by atoms with Crippen molar-refractivity contribution in [2.75, 3.05) is 0 Å². The summed E-state index contributed by atoms with van der Waals surface area (Å²) >= 11 is 9.38. The van der Waals surface area contributed by atoms with Crippen molar-refractivity contribution >= 4 is 27.5 Å². The third-order valence-corrected chi connectivity index (χ3v) is 3.48. The van der Waals surface area contributed by atoms with Crippen LogP contribution in [0.3, 0.4) is 0 Å². The van der Waals surface area contributed by atoms with Gasteiger partial charge in [-0.2, -0.15) is 0 Å².